The summed E-state index contributed by atoms with van der Waals surface area (Å²) in [5.41, 5.74) is 2.10. The lowest BCUT2D eigenvalue weighted by Gasteiger charge is -2.39. The van der Waals surface area contributed by atoms with Crippen LogP contribution in [-0.2, 0) is 20.2 Å². The molecule has 172 valence electrons. The maximum absolute atomic E-state index is 13.7. The van der Waals surface area contributed by atoms with Crippen molar-refractivity contribution in [2.45, 2.75) is 42.9 Å². The number of carbonyl (C=O) groups excluding carboxylic acids is 1. The standard InChI is InChI=1S/C26H29N3O3S/c1-20-18-21-8-7-11-23(24(21)27-19-20)33(31,32)29-16-14-28(15-17-29)25(30)26(12-5-6-13-26)22-9-3-2-4-10-22/h2-4,7-11,18-19H,5-6,12-17H2,1H3. The van der Waals surface area contributed by atoms with Crippen molar-refractivity contribution >= 4 is 26.8 Å². The van der Waals surface area contributed by atoms with Crippen LogP contribution in [0.15, 0.2) is 65.7 Å². The third-order valence-electron chi connectivity index (χ3n) is 7.15. The first kappa shape index (κ1) is 22.0. The van der Waals surface area contributed by atoms with Gasteiger partial charge in [-0.15, -0.1) is 0 Å². The van der Waals surface area contributed by atoms with Gasteiger partial charge in [0.1, 0.15) is 4.90 Å². The summed E-state index contributed by atoms with van der Waals surface area (Å²) in [6.07, 6.45) is 5.50. The van der Waals surface area contributed by atoms with Gasteiger partial charge in [-0.25, -0.2) is 8.42 Å². The van der Waals surface area contributed by atoms with Crippen LogP contribution in [0.5, 0.6) is 0 Å². The second-order valence-corrected chi connectivity index (χ2v) is 11.1. The molecule has 0 spiro atoms. The molecule has 0 atom stereocenters. The molecule has 1 aliphatic carbocycles. The number of fused-ring (bicyclic) bond motifs is 1. The van der Waals surface area contributed by atoms with E-state index in [0.29, 0.717) is 31.7 Å². The van der Waals surface area contributed by atoms with E-state index < -0.39 is 15.4 Å². The van der Waals surface area contributed by atoms with Crippen molar-refractivity contribution < 1.29 is 13.2 Å². The predicted molar refractivity (Wildman–Crippen MR) is 128 cm³/mol. The van der Waals surface area contributed by atoms with Crippen LogP contribution in [0.25, 0.3) is 10.9 Å². The number of amides is 1. The van der Waals surface area contributed by atoms with Crippen LogP contribution in [0.1, 0.15) is 36.8 Å². The van der Waals surface area contributed by atoms with E-state index in [1.807, 2.05) is 42.2 Å². The van der Waals surface area contributed by atoms with Crippen LogP contribution in [0, 0.1) is 6.92 Å². The van der Waals surface area contributed by atoms with Crippen LogP contribution in [0.2, 0.25) is 0 Å². The minimum atomic E-state index is -3.70. The van der Waals surface area contributed by atoms with Crippen molar-refractivity contribution in [3.05, 3.63) is 71.9 Å². The lowest BCUT2D eigenvalue weighted by Crippen LogP contribution is -2.55. The van der Waals surface area contributed by atoms with Crippen LogP contribution in [0.3, 0.4) is 0 Å². The first-order valence-corrected chi connectivity index (χ1v) is 13.1. The molecule has 33 heavy (non-hydrogen) atoms. The Morgan fingerprint density at radius 1 is 0.939 bits per heavy atom. The van der Waals surface area contributed by atoms with Crippen LogP contribution >= 0.6 is 0 Å². The quantitative estimate of drug-likeness (QED) is 0.589. The zero-order chi connectivity index (χ0) is 23.1. The third kappa shape index (κ3) is 3.83. The number of hydrogen-bond acceptors (Lipinski definition) is 4. The smallest absolute Gasteiger partial charge is 0.245 e. The third-order valence-corrected chi connectivity index (χ3v) is 9.08. The van der Waals surface area contributed by atoms with E-state index >= 15 is 0 Å². The first-order chi connectivity index (χ1) is 15.9. The highest BCUT2D eigenvalue weighted by Crippen LogP contribution is 2.43. The monoisotopic (exact) mass is 463 g/mol. The van der Waals surface area contributed by atoms with Crippen molar-refractivity contribution in [2.24, 2.45) is 0 Å². The highest BCUT2D eigenvalue weighted by Gasteiger charge is 2.45. The highest BCUT2D eigenvalue weighted by atomic mass is 32.2. The average molecular weight is 464 g/mol. The Hall–Kier alpha value is -2.77. The minimum absolute atomic E-state index is 0.144. The Kier molecular flexibility index (Phi) is 5.70. The summed E-state index contributed by atoms with van der Waals surface area (Å²) >= 11 is 0. The topological polar surface area (TPSA) is 70.6 Å². The SMILES string of the molecule is Cc1cnc2c(S(=O)(=O)N3CCN(C(=O)C4(c5ccccc5)CCCC4)CC3)cccc2c1. The highest BCUT2D eigenvalue weighted by molar-refractivity contribution is 7.89. The molecule has 0 bridgehead atoms. The summed E-state index contributed by atoms with van der Waals surface area (Å²) in [6.45, 7) is 3.34. The van der Waals surface area contributed by atoms with E-state index in [0.717, 1.165) is 42.2 Å². The van der Waals surface area contributed by atoms with Crippen molar-refractivity contribution in [1.82, 2.24) is 14.2 Å². The summed E-state index contributed by atoms with van der Waals surface area (Å²) in [4.78, 5) is 20.2. The minimum Gasteiger partial charge on any atom is -0.339 e. The van der Waals surface area contributed by atoms with Crippen molar-refractivity contribution in [3.8, 4) is 0 Å². The van der Waals surface area contributed by atoms with E-state index in [2.05, 4.69) is 17.1 Å². The molecule has 1 saturated carbocycles. The Bertz CT molecular complexity index is 1280. The van der Waals surface area contributed by atoms with Crippen molar-refractivity contribution in [3.63, 3.8) is 0 Å². The number of para-hydroxylation sites is 1. The van der Waals surface area contributed by atoms with Gasteiger partial charge in [0.25, 0.3) is 0 Å². The van der Waals surface area contributed by atoms with Crippen LogP contribution < -0.4 is 0 Å². The van der Waals surface area contributed by atoms with Gasteiger partial charge < -0.3 is 4.90 Å². The number of hydrogen-bond donors (Lipinski definition) is 0. The summed E-state index contributed by atoms with van der Waals surface area (Å²) in [6, 6.07) is 17.3. The van der Waals surface area contributed by atoms with Gasteiger partial charge in [-0.1, -0.05) is 55.3 Å². The Labute approximate surface area is 195 Å². The zero-order valence-electron chi connectivity index (χ0n) is 18.9. The predicted octanol–water partition coefficient (Wildman–Crippen LogP) is 3.89. The summed E-state index contributed by atoms with van der Waals surface area (Å²) < 4.78 is 28.5. The summed E-state index contributed by atoms with van der Waals surface area (Å²) in [5, 5.41) is 0.816. The number of sulfonamides is 1. The molecule has 2 fully saturated rings. The number of aromatic nitrogens is 1. The fraction of sp³-hybridized carbons (Fsp3) is 0.385. The molecule has 0 N–H and O–H groups in total. The molecule has 2 aromatic carbocycles. The molecule has 1 saturated heterocycles. The number of pyridine rings is 1. The number of nitrogens with zero attached hydrogens (tertiary/aromatic N) is 3. The molecule has 0 radical (unpaired) electrons. The first-order valence-electron chi connectivity index (χ1n) is 11.6. The maximum atomic E-state index is 13.7. The summed E-state index contributed by atoms with van der Waals surface area (Å²) in [5.74, 6) is 0.144. The fourth-order valence-electron chi connectivity index (χ4n) is 5.39. The van der Waals surface area contributed by atoms with E-state index in [9.17, 15) is 13.2 Å². The van der Waals surface area contributed by atoms with Crippen LogP contribution in [0.4, 0.5) is 0 Å². The van der Waals surface area contributed by atoms with Gasteiger partial charge in [-0.05, 0) is 43.0 Å². The molecule has 1 aliphatic heterocycles. The summed E-state index contributed by atoms with van der Waals surface area (Å²) in [7, 11) is -3.70. The second-order valence-electron chi connectivity index (χ2n) is 9.19. The maximum Gasteiger partial charge on any atom is 0.245 e. The van der Waals surface area contributed by atoms with Gasteiger partial charge in [-0.3, -0.25) is 9.78 Å². The molecule has 7 heteroatoms. The Morgan fingerprint density at radius 3 is 2.33 bits per heavy atom. The lowest BCUT2D eigenvalue weighted by atomic mass is 9.77. The zero-order valence-corrected chi connectivity index (χ0v) is 19.7. The Balaban J connectivity index is 1.36. The average Bonchev–Trinajstić information content (AvgIpc) is 3.35. The van der Waals surface area contributed by atoms with E-state index in [4.69, 9.17) is 0 Å². The molecular weight excluding hydrogens is 434 g/mol. The van der Waals surface area contributed by atoms with E-state index in [1.165, 1.54) is 4.31 Å². The molecular formula is C26H29N3O3S. The van der Waals surface area contributed by atoms with E-state index in [1.54, 1.807) is 18.3 Å². The lowest BCUT2D eigenvalue weighted by molar-refractivity contribution is -0.138. The second kappa shape index (κ2) is 8.54. The molecule has 1 amide bonds. The fourth-order valence-corrected chi connectivity index (χ4v) is 6.97. The van der Waals surface area contributed by atoms with E-state index in [-0.39, 0.29) is 10.8 Å². The van der Waals surface area contributed by atoms with Crippen molar-refractivity contribution in [2.75, 3.05) is 26.2 Å². The molecule has 5 rings (SSSR count). The molecule has 6 nitrogen and oxygen atoms in total. The van der Waals surface area contributed by atoms with Gasteiger partial charge in [0.05, 0.1) is 10.9 Å². The number of piperazine rings is 1. The Morgan fingerprint density at radius 2 is 1.64 bits per heavy atom. The molecule has 2 aliphatic rings. The van der Waals surface area contributed by atoms with Gasteiger partial charge in [0, 0.05) is 37.8 Å². The normalized spacial score (nSPS) is 19.1. The van der Waals surface area contributed by atoms with Gasteiger partial charge in [0.2, 0.25) is 15.9 Å². The van der Waals surface area contributed by atoms with Gasteiger partial charge in [0.15, 0.2) is 0 Å². The number of benzene rings is 2. The largest absolute Gasteiger partial charge is 0.339 e. The number of rotatable bonds is 4. The molecule has 3 aromatic rings. The van der Waals surface area contributed by atoms with Crippen molar-refractivity contribution in [1.29, 1.82) is 0 Å². The van der Waals surface area contributed by atoms with Gasteiger partial charge in [-0.2, -0.15) is 4.31 Å². The molecule has 2 heterocycles. The number of aryl methyl sites for hydroxylation is 1. The number of carbonyl (C=O) groups is 1. The molecule has 1 aromatic heterocycles. The van der Waals surface area contributed by atoms with Crippen LogP contribution in [-0.4, -0.2) is 54.7 Å². The van der Waals surface area contributed by atoms with Gasteiger partial charge >= 0.3 is 0 Å². The molecule has 0 unspecified atom stereocenters.